The van der Waals surface area contributed by atoms with E-state index in [1.807, 2.05) is 21.8 Å². The van der Waals surface area contributed by atoms with E-state index < -0.39 is 0 Å². The van der Waals surface area contributed by atoms with Gasteiger partial charge in [0.1, 0.15) is 5.69 Å². The summed E-state index contributed by atoms with van der Waals surface area (Å²) >= 11 is 0. The average molecular weight is 221 g/mol. The number of hydrogen-bond acceptors (Lipinski definition) is 2. The Bertz CT molecular complexity index is 383. The molecule has 0 saturated carbocycles. The van der Waals surface area contributed by atoms with E-state index in [1.54, 1.807) is 0 Å². The fourth-order valence-corrected chi connectivity index (χ4v) is 2.02. The molecule has 0 aliphatic carbocycles. The topological polar surface area (TPSA) is 38.1 Å². The average Bonchev–Trinajstić information content (AvgIpc) is 2.84. The van der Waals surface area contributed by atoms with Gasteiger partial charge >= 0.3 is 0 Å². The summed E-state index contributed by atoms with van der Waals surface area (Å²) in [6.07, 6.45) is 2.98. The van der Waals surface area contributed by atoms with Crippen LogP contribution in [0.1, 0.15) is 43.7 Å². The Labute approximate surface area is 96.2 Å². The minimum absolute atomic E-state index is 0.0729. The molecule has 1 aromatic heterocycles. The zero-order chi connectivity index (χ0) is 11.7. The fraction of sp³-hybridized carbons (Fsp3) is 0.667. The van der Waals surface area contributed by atoms with Crippen LogP contribution in [0.5, 0.6) is 0 Å². The molecule has 16 heavy (non-hydrogen) atoms. The summed E-state index contributed by atoms with van der Waals surface area (Å²) in [4.78, 5) is 14.0. The van der Waals surface area contributed by atoms with Crippen molar-refractivity contribution in [1.29, 1.82) is 0 Å². The molecule has 1 atom stereocenters. The molecule has 0 aromatic carbocycles. The van der Waals surface area contributed by atoms with Gasteiger partial charge < -0.3 is 4.90 Å². The summed E-state index contributed by atoms with van der Waals surface area (Å²) in [6, 6.07) is 2.12. The van der Waals surface area contributed by atoms with Crippen molar-refractivity contribution in [3.8, 4) is 0 Å². The van der Waals surface area contributed by atoms with Crippen LogP contribution in [0.2, 0.25) is 0 Å². The summed E-state index contributed by atoms with van der Waals surface area (Å²) in [6.45, 7) is 8.03. The lowest BCUT2D eigenvalue weighted by Gasteiger charge is -2.14. The van der Waals surface area contributed by atoms with Gasteiger partial charge in [0.2, 0.25) is 0 Å². The maximum atomic E-state index is 12.1. The summed E-state index contributed by atoms with van der Waals surface area (Å²) < 4.78 is 1.83. The first kappa shape index (κ1) is 11.2. The number of aromatic nitrogens is 2. The molecule has 0 radical (unpaired) electrons. The van der Waals surface area contributed by atoms with Gasteiger partial charge in [0, 0.05) is 25.3 Å². The molecule has 1 unspecified atom stereocenters. The van der Waals surface area contributed by atoms with Gasteiger partial charge in [-0.25, -0.2) is 0 Å². The lowest BCUT2D eigenvalue weighted by atomic mass is 10.2. The molecule has 4 heteroatoms. The Morgan fingerprint density at radius 2 is 2.31 bits per heavy atom. The van der Waals surface area contributed by atoms with Crippen LogP contribution < -0.4 is 0 Å². The SMILES string of the molecule is CC1CCN(C(=O)c2ccn(C(C)C)n2)C1. The van der Waals surface area contributed by atoms with E-state index in [9.17, 15) is 4.79 Å². The first-order chi connectivity index (χ1) is 7.58. The van der Waals surface area contributed by atoms with Crippen molar-refractivity contribution in [1.82, 2.24) is 14.7 Å². The van der Waals surface area contributed by atoms with Crippen molar-refractivity contribution < 1.29 is 4.79 Å². The van der Waals surface area contributed by atoms with E-state index >= 15 is 0 Å². The molecule has 1 aliphatic heterocycles. The van der Waals surface area contributed by atoms with Gasteiger partial charge in [0.05, 0.1) is 0 Å². The Hall–Kier alpha value is -1.32. The summed E-state index contributed by atoms with van der Waals surface area (Å²) in [5, 5.41) is 4.30. The normalized spacial score (nSPS) is 20.8. The van der Waals surface area contributed by atoms with Crippen LogP contribution in [0.15, 0.2) is 12.3 Å². The maximum Gasteiger partial charge on any atom is 0.274 e. The van der Waals surface area contributed by atoms with Gasteiger partial charge in [-0.05, 0) is 32.3 Å². The molecular weight excluding hydrogens is 202 g/mol. The number of rotatable bonds is 2. The third kappa shape index (κ3) is 2.10. The highest BCUT2D eigenvalue weighted by Crippen LogP contribution is 2.17. The molecule has 1 aliphatic rings. The molecule has 1 aromatic rings. The lowest BCUT2D eigenvalue weighted by molar-refractivity contribution is 0.0781. The highest BCUT2D eigenvalue weighted by Gasteiger charge is 2.25. The minimum Gasteiger partial charge on any atom is -0.337 e. The van der Waals surface area contributed by atoms with Crippen molar-refractivity contribution in [2.24, 2.45) is 5.92 Å². The fourth-order valence-electron chi connectivity index (χ4n) is 2.02. The first-order valence-corrected chi connectivity index (χ1v) is 5.92. The minimum atomic E-state index is 0.0729. The smallest absolute Gasteiger partial charge is 0.274 e. The second-order valence-electron chi connectivity index (χ2n) is 4.92. The number of amides is 1. The van der Waals surface area contributed by atoms with E-state index in [0.717, 1.165) is 19.5 Å². The molecule has 1 saturated heterocycles. The molecule has 1 amide bonds. The molecule has 2 heterocycles. The predicted octanol–water partition coefficient (Wildman–Crippen LogP) is 1.95. The van der Waals surface area contributed by atoms with Crippen LogP contribution >= 0.6 is 0 Å². The van der Waals surface area contributed by atoms with E-state index in [2.05, 4.69) is 25.9 Å². The maximum absolute atomic E-state index is 12.1. The van der Waals surface area contributed by atoms with Crippen molar-refractivity contribution in [3.63, 3.8) is 0 Å². The lowest BCUT2D eigenvalue weighted by Crippen LogP contribution is -2.29. The van der Waals surface area contributed by atoms with Gasteiger partial charge in [-0.3, -0.25) is 9.48 Å². The van der Waals surface area contributed by atoms with Crippen molar-refractivity contribution in [3.05, 3.63) is 18.0 Å². The van der Waals surface area contributed by atoms with Gasteiger partial charge in [-0.15, -0.1) is 0 Å². The summed E-state index contributed by atoms with van der Waals surface area (Å²) in [5.74, 6) is 0.694. The third-order valence-corrected chi connectivity index (χ3v) is 3.07. The molecule has 88 valence electrons. The summed E-state index contributed by atoms with van der Waals surface area (Å²) in [7, 11) is 0. The molecular formula is C12H19N3O. The number of hydrogen-bond donors (Lipinski definition) is 0. The van der Waals surface area contributed by atoms with Gasteiger partial charge in [-0.2, -0.15) is 5.10 Å². The van der Waals surface area contributed by atoms with E-state index in [0.29, 0.717) is 17.7 Å². The van der Waals surface area contributed by atoms with Crippen molar-refractivity contribution >= 4 is 5.91 Å². The number of carbonyl (C=O) groups is 1. The van der Waals surface area contributed by atoms with Crippen LogP contribution in [-0.4, -0.2) is 33.7 Å². The number of carbonyl (C=O) groups excluding carboxylic acids is 1. The Morgan fingerprint density at radius 1 is 1.56 bits per heavy atom. The Kier molecular flexibility index (Phi) is 2.99. The largest absolute Gasteiger partial charge is 0.337 e. The quantitative estimate of drug-likeness (QED) is 0.765. The molecule has 0 N–H and O–H groups in total. The van der Waals surface area contributed by atoms with E-state index in [4.69, 9.17) is 0 Å². The standard InChI is InChI=1S/C12H19N3O/c1-9(2)15-7-5-11(13-15)12(16)14-6-4-10(3)8-14/h5,7,9-10H,4,6,8H2,1-3H3. The second-order valence-corrected chi connectivity index (χ2v) is 4.92. The van der Waals surface area contributed by atoms with Crippen LogP contribution in [0, 0.1) is 5.92 Å². The highest BCUT2D eigenvalue weighted by atomic mass is 16.2. The predicted molar refractivity (Wildman–Crippen MR) is 62.3 cm³/mol. The van der Waals surface area contributed by atoms with Gasteiger partial charge in [-0.1, -0.05) is 6.92 Å². The van der Waals surface area contributed by atoms with Crippen LogP contribution in [-0.2, 0) is 0 Å². The van der Waals surface area contributed by atoms with Crippen LogP contribution in [0.3, 0.4) is 0 Å². The number of nitrogens with zero attached hydrogens (tertiary/aromatic N) is 3. The van der Waals surface area contributed by atoms with E-state index in [1.165, 1.54) is 0 Å². The molecule has 1 fully saturated rings. The zero-order valence-corrected chi connectivity index (χ0v) is 10.2. The molecule has 0 bridgehead atoms. The molecule has 0 spiro atoms. The summed E-state index contributed by atoms with van der Waals surface area (Å²) in [5.41, 5.74) is 0.572. The van der Waals surface area contributed by atoms with E-state index in [-0.39, 0.29) is 5.91 Å². The zero-order valence-electron chi connectivity index (χ0n) is 10.2. The van der Waals surface area contributed by atoms with Crippen LogP contribution in [0.25, 0.3) is 0 Å². The Balaban J connectivity index is 2.09. The molecule has 2 rings (SSSR count). The molecule has 4 nitrogen and oxygen atoms in total. The van der Waals surface area contributed by atoms with Crippen molar-refractivity contribution in [2.45, 2.75) is 33.2 Å². The third-order valence-electron chi connectivity index (χ3n) is 3.07. The van der Waals surface area contributed by atoms with Gasteiger partial charge in [0.15, 0.2) is 0 Å². The monoisotopic (exact) mass is 221 g/mol. The number of likely N-dealkylation sites (tertiary alicyclic amines) is 1. The second kappa shape index (κ2) is 4.28. The van der Waals surface area contributed by atoms with Crippen LogP contribution in [0.4, 0.5) is 0 Å². The highest BCUT2D eigenvalue weighted by molar-refractivity contribution is 5.92. The Morgan fingerprint density at radius 3 is 2.81 bits per heavy atom. The van der Waals surface area contributed by atoms with Crippen molar-refractivity contribution in [2.75, 3.05) is 13.1 Å². The first-order valence-electron chi connectivity index (χ1n) is 5.92. The van der Waals surface area contributed by atoms with Gasteiger partial charge in [0.25, 0.3) is 5.91 Å².